The van der Waals surface area contributed by atoms with Crippen LogP contribution < -0.4 is 20.5 Å². The standard InChI is InChI=1S/C18H20N4O2/c1-4-11-9-12(23-2)10-15(16(11)24-3)22-18-17(19)20-13-7-5-6-8-14(13)21-18/h5-10H,4H2,1-3H3,(H2,19,20)(H,21,22). The van der Waals surface area contributed by atoms with E-state index in [1.54, 1.807) is 14.2 Å². The molecule has 0 aliphatic rings. The molecule has 6 heteroatoms. The largest absolute Gasteiger partial charge is 0.497 e. The molecule has 0 unspecified atom stereocenters. The Hall–Kier alpha value is -3.02. The zero-order valence-corrected chi connectivity index (χ0v) is 14.0. The Bertz CT molecular complexity index is 880. The number of nitrogen functional groups attached to an aromatic ring is 1. The van der Waals surface area contributed by atoms with E-state index in [9.17, 15) is 0 Å². The maximum absolute atomic E-state index is 6.06. The number of ether oxygens (including phenoxy) is 2. The van der Waals surface area contributed by atoms with Crippen LogP contribution in [-0.2, 0) is 6.42 Å². The van der Waals surface area contributed by atoms with Gasteiger partial charge in [0.15, 0.2) is 11.6 Å². The smallest absolute Gasteiger partial charge is 0.174 e. The van der Waals surface area contributed by atoms with Gasteiger partial charge in [0.2, 0.25) is 0 Å². The van der Waals surface area contributed by atoms with Gasteiger partial charge in [0.25, 0.3) is 0 Å². The number of aryl methyl sites for hydroxylation is 1. The van der Waals surface area contributed by atoms with Crippen LogP contribution in [-0.4, -0.2) is 24.2 Å². The SMILES string of the molecule is CCc1cc(OC)cc(Nc2nc3ccccc3nc2N)c1OC. The zero-order chi connectivity index (χ0) is 17.1. The number of para-hydroxylation sites is 2. The highest BCUT2D eigenvalue weighted by atomic mass is 16.5. The number of nitrogens with zero attached hydrogens (tertiary/aromatic N) is 2. The quantitative estimate of drug-likeness (QED) is 0.747. The molecule has 1 heterocycles. The molecule has 0 spiro atoms. The van der Waals surface area contributed by atoms with Gasteiger partial charge in [-0.05, 0) is 30.2 Å². The first-order valence-corrected chi connectivity index (χ1v) is 7.70. The van der Waals surface area contributed by atoms with Crippen LogP contribution in [0.3, 0.4) is 0 Å². The first-order chi connectivity index (χ1) is 11.7. The average molecular weight is 324 g/mol. The Labute approximate surface area is 140 Å². The number of rotatable bonds is 5. The van der Waals surface area contributed by atoms with Gasteiger partial charge >= 0.3 is 0 Å². The molecule has 124 valence electrons. The van der Waals surface area contributed by atoms with Crippen molar-refractivity contribution in [1.82, 2.24) is 9.97 Å². The molecule has 0 bridgehead atoms. The Morgan fingerprint density at radius 1 is 1.04 bits per heavy atom. The number of methoxy groups -OCH3 is 2. The van der Waals surface area contributed by atoms with Gasteiger partial charge < -0.3 is 20.5 Å². The predicted octanol–water partition coefficient (Wildman–Crippen LogP) is 3.54. The molecular formula is C18H20N4O2. The summed E-state index contributed by atoms with van der Waals surface area (Å²) < 4.78 is 10.9. The van der Waals surface area contributed by atoms with Gasteiger partial charge in [-0.1, -0.05) is 19.1 Å². The highest BCUT2D eigenvalue weighted by molar-refractivity contribution is 5.82. The number of nitrogens with two attached hydrogens (primary N) is 1. The molecule has 0 amide bonds. The van der Waals surface area contributed by atoms with E-state index >= 15 is 0 Å². The highest BCUT2D eigenvalue weighted by Gasteiger charge is 2.14. The third-order valence-electron chi connectivity index (χ3n) is 3.81. The van der Waals surface area contributed by atoms with E-state index < -0.39 is 0 Å². The molecule has 0 radical (unpaired) electrons. The van der Waals surface area contributed by atoms with E-state index in [2.05, 4.69) is 22.2 Å². The maximum atomic E-state index is 6.06. The number of anilines is 3. The van der Waals surface area contributed by atoms with Gasteiger partial charge in [-0.2, -0.15) is 0 Å². The Morgan fingerprint density at radius 3 is 2.38 bits per heavy atom. The predicted molar refractivity (Wildman–Crippen MR) is 96.2 cm³/mol. The Morgan fingerprint density at radius 2 is 1.75 bits per heavy atom. The van der Waals surface area contributed by atoms with Crippen LogP contribution in [0.25, 0.3) is 11.0 Å². The fourth-order valence-corrected chi connectivity index (χ4v) is 2.61. The summed E-state index contributed by atoms with van der Waals surface area (Å²) in [6.45, 7) is 2.06. The third-order valence-corrected chi connectivity index (χ3v) is 3.81. The van der Waals surface area contributed by atoms with Crippen molar-refractivity contribution in [3.8, 4) is 11.5 Å². The van der Waals surface area contributed by atoms with Crippen molar-refractivity contribution in [2.24, 2.45) is 0 Å². The van der Waals surface area contributed by atoms with E-state index in [-0.39, 0.29) is 0 Å². The second kappa shape index (κ2) is 6.62. The lowest BCUT2D eigenvalue weighted by Crippen LogP contribution is -2.05. The molecule has 1 aromatic heterocycles. The van der Waals surface area contributed by atoms with E-state index in [0.717, 1.165) is 40.2 Å². The molecule has 0 saturated carbocycles. The summed E-state index contributed by atoms with van der Waals surface area (Å²) in [6, 6.07) is 11.4. The molecule has 6 nitrogen and oxygen atoms in total. The highest BCUT2D eigenvalue weighted by Crippen LogP contribution is 2.36. The van der Waals surface area contributed by atoms with Gasteiger partial charge in [-0.3, -0.25) is 0 Å². The second-order valence-electron chi connectivity index (χ2n) is 5.29. The molecule has 0 aliphatic carbocycles. The molecular weight excluding hydrogens is 304 g/mol. The number of benzene rings is 2. The maximum Gasteiger partial charge on any atom is 0.174 e. The Balaban J connectivity index is 2.09. The number of hydrogen-bond donors (Lipinski definition) is 2. The number of nitrogens with one attached hydrogen (secondary N) is 1. The van der Waals surface area contributed by atoms with Crippen molar-refractivity contribution in [3.63, 3.8) is 0 Å². The van der Waals surface area contributed by atoms with Gasteiger partial charge in [0.05, 0.1) is 30.9 Å². The van der Waals surface area contributed by atoms with Crippen molar-refractivity contribution in [1.29, 1.82) is 0 Å². The second-order valence-corrected chi connectivity index (χ2v) is 5.29. The van der Waals surface area contributed by atoms with E-state index in [0.29, 0.717) is 11.6 Å². The summed E-state index contributed by atoms with van der Waals surface area (Å²) >= 11 is 0. The molecule has 24 heavy (non-hydrogen) atoms. The van der Waals surface area contributed by atoms with Gasteiger partial charge in [-0.25, -0.2) is 9.97 Å². The van der Waals surface area contributed by atoms with E-state index in [1.807, 2.05) is 36.4 Å². The van der Waals surface area contributed by atoms with E-state index in [1.165, 1.54) is 0 Å². The molecule has 0 aliphatic heterocycles. The van der Waals surface area contributed by atoms with Crippen LogP contribution in [0.1, 0.15) is 12.5 Å². The summed E-state index contributed by atoms with van der Waals surface area (Å²) in [4.78, 5) is 8.95. The Kier molecular flexibility index (Phi) is 4.37. The summed E-state index contributed by atoms with van der Waals surface area (Å²) in [6.07, 6.45) is 0.813. The molecule has 3 aromatic rings. The minimum atomic E-state index is 0.330. The van der Waals surface area contributed by atoms with Crippen LogP contribution in [0.5, 0.6) is 11.5 Å². The first kappa shape index (κ1) is 15.9. The fourth-order valence-electron chi connectivity index (χ4n) is 2.61. The van der Waals surface area contributed by atoms with Crippen LogP contribution >= 0.6 is 0 Å². The average Bonchev–Trinajstić information content (AvgIpc) is 2.61. The molecule has 2 aromatic carbocycles. The number of hydrogen-bond acceptors (Lipinski definition) is 6. The van der Waals surface area contributed by atoms with Crippen LogP contribution in [0.4, 0.5) is 17.3 Å². The summed E-state index contributed by atoms with van der Waals surface area (Å²) in [7, 11) is 3.27. The molecule has 3 rings (SSSR count). The lowest BCUT2D eigenvalue weighted by molar-refractivity contribution is 0.401. The lowest BCUT2D eigenvalue weighted by atomic mass is 10.1. The van der Waals surface area contributed by atoms with Crippen molar-refractivity contribution in [2.45, 2.75) is 13.3 Å². The van der Waals surface area contributed by atoms with Crippen molar-refractivity contribution >= 4 is 28.4 Å². The lowest BCUT2D eigenvalue weighted by Gasteiger charge is -2.16. The summed E-state index contributed by atoms with van der Waals surface area (Å²) in [5, 5.41) is 3.23. The molecule has 0 atom stereocenters. The topological polar surface area (TPSA) is 82.3 Å². The van der Waals surface area contributed by atoms with Crippen molar-refractivity contribution in [2.75, 3.05) is 25.3 Å². The molecule has 0 fully saturated rings. The van der Waals surface area contributed by atoms with Gasteiger partial charge in [0, 0.05) is 6.07 Å². The van der Waals surface area contributed by atoms with Gasteiger partial charge in [0.1, 0.15) is 11.5 Å². The first-order valence-electron chi connectivity index (χ1n) is 7.70. The normalized spacial score (nSPS) is 10.6. The summed E-state index contributed by atoms with van der Waals surface area (Å²) in [5.74, 6) is 2.30. The zero-order valence-electron chi connectivity index (χ0n) is 14.0. The number of fused-ring (bicyclic) bond motifs is 1. The van der Waals surface area contributed by atoms with Crippen molar-refractivity contribution < 1.29 is 9.47 Å². The fraction of sp³-hybridized carbons (Fsp3) is 0.222. The van der Waals surface area contributed by atoms with Gasteiger partial charge in [-0.15, -0.1) is 0 Å². The van der Waals surface area contributed by atoms with Crippen molar-refractivity contribution in [3.05, 3.63) is 42.0 Å². The third kappa shape index (κ3) is 2.90. The molecule has 0 saturated heterocycles. The molecule has 3 N–H and O–H groups in total. The van der Waals surface area contributed by atoms with E-state index in [4.69, 9.17) is 15.2 Å². The van der Waals surface area contributed by atoms with Crippen LogP contribution in [0.2, 0.25) is 0 Å². The van der Waals surface area contributed by atoms with Crippen LogP contribution in [0, 0.1) is 0 Å². The minimum absolute atomic E-state index is 0.330. The summed E-state index contributed by atoms with van der Waals surface area (Å²) in [5.41, 5.74) is 9.36. The number of aromatic nitrogens is 2. The van der Waals surface area contributed by atoms with Crippen LogP contribution in [0.15, 0.2) is 36.4 Å². The minimum Gasteiger partial charge on any atom is -0.497 e. The monoisotopic (exact) mass is 324 g/mol.